The van der Waals surface area contributed by atoms with E-state index in [1.165, 1.54) is 25.3 Å². The number of benzene rings is 1. The summed E-state index contributed by atoms with van der Waals surface area (Å²) in [5.41, 5.74) is 4.98. The van der Waals surface area contributed by atoms with E-state index in [1.54, 1.807) is 13.0 Å². The van der Waals surface area contributed by atoms with E-state index in [-0.39, 0.29) is 23.7 Å². The van der Waals surface area contributed by atoms with Gasteiger partial charge < -0.3 is 9.72 Å². The largest absolute Gasteiger partial charge is 0.350 e. The van der Waals surface area contributed by atoms with Crippen molar-refractivity contribution < 1.29 is 9.18 Å². The van der Waals surface area contributed by atoms with Crippen molar-refractivity contribution in [3.05, 3.63) is 59.2 Å². The van der Waals surface area contributed by atoms with Crippen LogP contribution in [0.5, 0.6) is 0 Å². The summed E-state index contributed by atoms with van der Waals surface area (Å²) in [7, 11) is 0. The molecule has 1 amide bonds. The van der Waals surface area contributed by atoms with Crippen LogP contribution in [0.25, 0.3) is 16.9 Å². The van der Waals surface area contributed by atoms with Gasteiger partial charge >= 0.3 is 0 Å². The van der Waals surface area contributed by atoms with Crippen molar-refractivity contribution in [2.75, 3.05) is 0 Å². The third-order valence-corrected chi connectivity index (χ3v) is 8.07. The molecular weight excluding hydrogens is 401 g/mol. The Balaban J connectivity index is 1.34. The minimum absolute atomic E-state index is 0.00509. The molecule has 3 aromatic rings. The Morgan fingerprint density at radius 1 is 1.09 bits per heavy atom. The monoisotopic (exact) mass is 431 g/mol. The van der Waals surface area contributed by atoms with Crippen molar-refractivity contribution in [2.24, 2.45) is 17.8 Å². The molecule has 166 valence electrons. The predicted octanol–water partition coefficient (Wildman–Crippen LogP) is 5.38. The molecule has 2 aromatic heterocycles. The number of carbonyl (C=O) groups excluding carboxylic acids is 1. The molecule has 4 nitrogen and oxygen atoms in total. The van der Waals surface area contributed by atoms with Gasteiger partial charge in [-0.25, -0.2) is 9.37 Å². The van der Waals surface area contributed by atoms with E-state index in [1.807, 2.05) is 35.7 Å². The van der Waals surface area contributed by atoms with Crippen molar-refractivity contribution in [1.29, 1.82) is 0 Å². The molecule has 0 atom stereocenters. The first-order chi connectivity index (χ1) is 15.4. The molecule has 0 aliphatic heterocycles. The Morgan fingerprint density at radius 2 is 1.78 bits per heavy atom. The van der Waals surface area contributed by atoms with Crippen molar-refractivity contribution in [2.45, 2.75) is 64.3 Å². The highest BCUT2D eigenvalue weighted by molar-refractivity contribution is 5.82. The maximum Gasteiger partial charge on any atom is 0.226 e. The van der Waals surface area contributed by atoms with E-state index in [9.17, 15) is 9.18 Å². The molecule has 4 aliphatic rings. The average Bonchev–Trinajstić information content (AvgIpc) is 3.06. The molecule has 1 aromatic carbocycles. The molecule has 1 N–H and O–H groups in total. The van der Waals surface area contributed by atoms with Gasteiger partial charge in [-0.1, -0.05) is 6.07 Å². The lowest BCUT2D eigenvalue weighted by Crippen LogP contribution is -2.60. The molecule has 4 bridgehead atoms. The van der Waals surface area contributed by atoms with Gasteiger partial charge in [-0.15, -0.1) is 0 Å². The first-order valence-corrected chi connectivity index (χ1v) is 11.9. The topological polar surface area (TPSA) is 46.4 Å². The van der Waals surface area contributed by atoms with Crippen LogP contribution in [0.3, 0.4) is 0 Å². The normalized spacial score (nSPS) is 28.4. The van der Waals surface area contributed by atoms with Gasteiger partial charge in [0.05, 0.1) is 17.8 Å². The highest BCUT2D eigenvalue weighted by Crippen LogP contribution is 2.55. The number of hydrogen-bond acceptors (Lipinski definition) is 2. The van der Waals surface area contributed by atoms with Crippen molar-refractivity contribution in [1.82, 2.24) is 14.7 Å². The van der Waals surface area contributed by atoms with Gasteiger partial charge in [0.1, 0.15) is 11.5 Å². The SMILES string of the molecule is Cc1ccc2nc(-c3ccc(F)c(C)c3)c(CC(=O)NC34CC5CC(CC(C5)C3)C4)n2c1. The smallest absolute Gasteiger partial charge is 0.226 e. The fourth-order valence-electron chi connectivity index (χ4n) is 7.15. The van der Waals surface area contributed by atoms with E-state index in [0.29, 0.717) is 5.56 Å². The van der Waals surface area contributed by atoms with Gasteiger partial charge in [-0.05, 0) is 106 Å². The van der Waals surface area contributed by atoms with E-state index in [4.69, 9.17) is 4.98 Å². The number of fused-ring (bicyclic) bond motifs is 1. The van der Waals surface area contributed by atoms with E-state index in [0.717, 1.165) is 65.2 Å². The summed E-state index contributed by atoms with van der Waals surface area (Å²) in [6.07, 6.45) is 9.80. The number of nitrogens with one attached hydrogen (secondary N) is 1. The first-order valence-electron chi connectivity index (χ1n) is 11.9. The minimum atomic E-state index is -0.227. The number of aromatic nitrogens is 2. The minimum Gasteiger partial charge on any atom is -0.350 e. The maximum atomic E-state index is 13.9. The molecule has 2 heterocycles. The van der Waals surface area contributed by atoms with Crippen molar-refractivity contribution >= 4 is 11.6 Å². The number of amides is 1. The molecule has 0 saturated heterocycles. The van der Waals surface area contributed by atoms with Crippen LogP contribution in [0.4, 0.5) is 4.39 Å². The summed E-state index contributed by atoms with van der Waals surface area (Å²) in [4.78, 5) is 18.3. The molecule has 0 radical (unpaired) electrons. The maximum absolute atomic E-state index is 13.9. The molecule has 5 heteroatoms. The van der Waals surface area contributed by atoms with Gasteiger partial charge in [-0.3, -0.25) is 4.79 Å². The summed E-state index contributed by atoms with van der Waals surface area (Å²) in [6.45, 7) is 3.80. The van der Waals surface area contributed by atoms with Gasteiger partial charge in [0, 0.05) is 17.3 Å². The lowest BCUT2D eigenvalue weighted by molar-refractivity contribution is -0.126. The molecule has 0 spiro atoms. The predicted molar refractivity (Wildman–Crippen MR) is 123 cm³/mol. The number of halogens is 1. The Kier molecular flexibility index (Phi) is 4.46. The zero-order chi connectivity index (χ0) is 22.0. The summed E-state index contributed by atoms with van der Waals surface area (Å²) in [6, 6.07) is 9.08. The quantitative estimate of drug-likeness (QED) is 0.602. The Labute approximate surface area is 188 Å². The second-order valence-electron chi connectivity index (χ2n) is 10.7. The lowest BCUT2D eigenvalue weighted by Gasteiger charge is -2.56. The van der Waals surface area contributed by atoms with Crippen LogP contribution < -0.4 is 5.32 Å². The second kappa shape index (κ2) is 7.16. The van der Waals surface area contributed by atoms with Crippen LogP contribution in [0, 0.1) is 37.4 Å². The third kappa shape index (κ3) is 3.33. The third-order valence-electron chi connectivity index (χ3n) is 8.07. The van der Waals surface area contributed by atoms with Crippen LogP contribution >= 0.6 is 0 Å². The number of imidazole rings is 1. The average molecular weight is 432 g/mol. The van der Waals surface area contributed by atoms with Gasteiger partial charge in [0.25, 0.3) is 0 Å². The van der Waals surface area contributed by atoms with E-state index in [2.05, 4.69) is 5.32 Å². The lowest BCUT2D eigenvalue weighted by atomic mass is 9.53. The van der Waals surface area contributed by atoms with Crippen LogP contribution in [-0.4, -0.2) is 20.8 Å². The molecule has 7 rings (SSSR count). The molecule has 4 aliphatic carbocycles. The Morgan fingerprint density at radius 3 is 2.44 bits per heavy atom. The summed E-state index contributed by atoms with van der Waals surface area (Å²) in [5.74, 6) is 2.22. The van der Waals surface area contributed by atoms with Gasteiger partial charge in [0.15, 0.2) is 0 Å². The van der Waals surface area contributed by atoms with Crippen LogP contribution in [0.1, 0.15) is 55.3 Å². The zero-order valence-electron chi connectivity index (χ0n) is 18.8. The number of hydrogen-bond donors (Lipinski definition) is 1. The van der Waals surface area contributed by atoms with E-state index < -0.39 is 0 Å². The highest BCUT2D eigenvalue weighted by Gasteiger charge is 2.51. The fourth-order valence-corrected chi connectivity index (χ4v) is 7.15. The Hall–Kier alpha value is -2.69. The first kappa shape index (κ1) is 20.0. The number of rotatable bonds is 4. The van der Waals surface area contributed by atoms with Gasteiger partial charge in [-0.2, -0.15) is 0 Å². The van der Waals surface area contributed by atoms with Crippen LogP contribution in [0.15, 0.2) is 36.5 Å². The molecular formula is C27H30FN3O. The van der Waals surface area contributed by atoms with Crippen molar-refractivity contribution in [3.8, 4) is 11.3 Å². The Bertz CT molecular complexity index is 1190. The molecule has 32 heavy (non-hydrogen) atoms. The molecule has 4 saturated carbocycles. The van der Waals surface area contributed by atoms with Gasteiger partial charge in [0.2, 0.25) is 5.91 Å². The standard InChI is InChI=1S/C27H30FN3O/c1-16-3-6-24-29-26(21-4-5-22(28)17(2)7-21)23(31(24)15-16)11-25(32)30-27-12-18-8-19(13-27)10-20(9-18)14-27/h3-7,15,18-20H,8-14H2,1-2H3,(H,30,32). The zero-order valence-corrected chi connectivity index (χ0v) is 18.8. The summed E-state index contributed by atoms with van der Waals surface area (Å²) >= 11 is 0. The fraction of sp³-hybridized carbons (Fsp3) is 0.481. The van der Waals surface area contributed by atoms with E-state index >= 15 is 0 Å². The number of aryl methyl sites for hydroxylation is 2. The number of carbonyl (C=O) groups is 1. The molecule has 0 unspecified atom stereocenters. The van der Waals surface area contributed by atoms with Crippen LogP contribution in [-0.2, 0) is 11.2 Å². The van der Waals surface area contributed by atoms with Crippen LogP contribution in [0.2, 0.25) is 0 Å². The second-order valence-corrected chi connectivity index (χ2v) is 10.7. The number of nitrogens with zero attached hydrogens (tertiary/aromatic N) is 2. The molecule has 4 fully saturated rings. The highest BCUT2D eigenvalue weighted by atomic mass is 19.1. The summed E-state index contributed by atoms with van der Waals surface area (Å²) in [5, 5.41) is 3.50. The number of pyridine rings is 1. The van der Waals surface area contributed by atoms with Crippen molar-refractivity contribution in [3.63, 3.8) is 0 Å². The summed E-state index contributed by atoms with van der Waals surface area (Å²) < 4.78 is 15.9.